The number of Topliss-reactive ketones (excluding diaryl/α,β-unsaturated/α-hetero) is 1. The first-order chi connectivity index (χ1) is 16.9. The quantitative estimate of drug-likeness (QED) is 0.193. The number of carbonyl (C=O) groups is 2. The van der Waals surface area contributed by atoms with E-state index in [1.807, 2.05) is 0 Å². The number of amides is 1. The number of aliphatic hydroxyl groups excluding tert-OH is 1. The smallest absolute Gasteiger partial charge is 0.295 e. The van der Waals surface area contributed by atoms with Crippen molar-refractivity contribution >= 4 is 40.7 Å². The predicted molar refractivity (Wildman–Crippen MR) is 143 cm³/mol. The second-order valence-corrected chi connectivity index (χ2v) is 9.83. The third-order valence-electron chi connectivity index (χ3n) is 6.37. The summed E-state index contributed by atoms with van der Waals surface area (Å²) in [5.74, 6) is -1.46. The van der Waals surface area contributed by atoms with Gasteiger partial charge in [-0.15, -0.1) is 0 Å². The lowest BCUT2D eigenvalue weighted by atomic mass is 9.95. The van der Waals surface area contributed by atoms with E-state index in [0.29, 0.717) is 22.2 Å². The molecule has 5 nitrogen and oxygen atoms in total. The van der Waals surface area contributed by atoms with Crippen molar-refractivity contribution in [3.8, 4) is 0 Å². The Balaban J connectivity index is 1.90. The minimum atomic E-state index is -0.678. The molecule has 0 spiro atoms. The SMILES string of the molecule is CCCCN(CCCC)CCCN1C(=O)C(=O)C(=C(O)c2ccc(Cl)cc2)[C@@H]1c1ccc(Cl)cc1. The molecule has 35 heavy (non-hydrogen) atoms. The zero-order chi connectivity index (χ0) is 25.4. The minimum Gasteiger partial charge on any atom is -0.507 e. The van der Waals surface area contributed by atoms with Crippen molar-refractivity contribution in [1.29, 1.82) is 0 Å². The Bertz CT molecular complexity index is 1030. The van der Waals surface area contributed by atoms with E-state index in [1.54, 1.807) is 53.4 Å². The van der Waals surface area contributed by atoms with Gasteiger partial charge >= 0.3 is 0 Å². The van der Waals surface area contributed by atoms with Crippen LogP contribution in [0.3, 0.4) is 0 Å². The highest BCUT2D eigenvalue weighted by molar-refractivity contribution is 6.46. The third kappa shape index (κ3) is 6.87. The Morgan fingerprint density at radius 1 is 0.857 bits per heavy atom. The molecular formula is C28H34Cl2N2O3. The van der Waals surface area contributed by atoms with Crippen molar-refractivity contribution in [1.82, 2.24) is 9.80 Å². The van der Waals surface area contributed by atoms with Gasteiger partial charge in [-0.3, -0.25) is 9.59 Å². The first-order valence-corrected chi connectivity index (χ1v) is 13.1. The summed E-state index contributed by atoms with van der Waals surface area (Å²) in [6.07, 6.45) is 5.29. The van der Waals surface area contributed by atoms with Gasteiger partial charge in [-0.2, -0.15) is 0 Å². The van der Waals surface area contributed by atoms with Crippen LogP contribution in [-0.4, -0.2) is 52.8 Å². The normalized spacial score (nSPS) is 17.5. The van der Waals surface area contributed by atoms with Gasteiger partial charge in [-0.1, -0.05) is 62.0 Å². The molecule has 0 saturated carbocycles. The first kappa shape index (κ1) is 27.3. The number of rotatable bonds is 12. The molecule has 0 aromatic heterocycles. The zero-order valence-electron chi connectivity index (χ0n) is 20.5. The number of likely N-dealkylation sites (tertiary alicyclic amines) is 1. The summed E-state index contributed by atoms with van der Waals surface area (Å²) in [6.45, 7) is 7.71. The van der Waals surface area contributed by atoms with Crippen LogP contribution in [0.25, 0.3) is 5.76 Å². The monoisotopic (exact) mass is 516 g/mol. The maximum absolute atomic E-state index is 13.2. The van der Waals surface area contributed by atoms with E-state index in [9.17, 15) is 14.7 Å². The third-order valence-corrected chi connectivity index (χ3v) is 6.88. The van der Waals surface area contributed by atoms with E-state index in [2.05, 4.69) is 18.7 Å². The molecule has 0 unspecified atom stereocenters. The van der Waals surface area contributed by atoms with E-state index in [0.717, 1.165) is 57.3 Å². The molecule has 1 aliphatic heterocycles. The number of benzene rings is 2. The average Bonchev–Trinajstić information content (AvgIpc) is 3.10. The van der Waals surface area contributed by atoms with Crippen molar-refractivity contribution in [2.24, 2.45) is 0 Å². The highest BCUT2D eigenvalue weighted by Gasteiger charge is 2.45. The van der Waals surface area contributed by atoms with Crippen LogP contribution in [-0.2, 0) is 9.59 Å². The van der Waals surface area contributed by atoms with Gasteiger partial charge in [0.25, 0.3) is 11.7 Å². The summed E-state index contributed by atoms with van der Waals surface area (Å²) in [4.78, 5) is 30.3. The van der Waals surface area contributed by atoms with Crippen molar-refractivity contribution in [2.45, 2.75) is 52.0 Å². The standard InChI is InChI=1S/C28H34Cl2N2O3/c1-3-5-16-31(17-6-4-2)18-7-19-32-25(20-8-12-22(29)13-9-20)24(27(34)28(32)35)26(33)21-10-14-23(30)15-11-21/h8-15,25,33H,3-7,16-19H2,1-2H3/t25-/m0/s1. The fraction of sp³-hybridized carbons (Fsp3) is 0.429. The molecule has 188 valence electrons. The van der Waals surface area contributed by atoms with Crippen molar-refractivity contribution in [2.75, 3.05) is 26.2 Å². The first-order valence-electron chi connectivity index (χ1n) is 12.4. The number of carbonyl (C=O) groups excluding carboxylic acids is 2. The van der Waals surface area contributed by atoms with Crippen LogP contribution in [0.4, 0.5) is 0 Å². The molecule has 3 rings (SSSR count). The largest absolute Gasteiger partial charge is 0.507 e. The molecule has 1 fully saturated rings. The second kappa shape index (κ2) is 13.1. The maximum atomic E-state index is 13.2. The summed E-state index contributed by atoms with van der Waals surface area (Å²) >= 11 is 12.1. The van der Waals surface area contributed by atoms with E-state index >= 15 is 0 Å². The maximum Gasteiger partial charge on any atom is 0.295 e. The number of hydrogen-bond acceptors (Lipinski definition) is 4. The molecule has 2 aromatic rings. The molecule has 1 saturated heterocycles. The zero-order valence-corrected chi connectivity index (χ0v) is 22.0. The predicted octanol–water partition coefficient (Wildman–Crippen LogP) is 6.71. The number of hydrogen-bond donors (Lipinski definition) is 1. The van der Waals surface area contributed by atoms with E-state index in [1.165, 1.54) is 0 Å². The molecule has 1 N–H and O–H groups in total. The number of ketones is 1. The fourth-order valence-electron chi connectivity index (χ4n) is 4.43. The molecule has 2 aromatic carbocycles. The van der Waals surface area contributed by atoms with Gasteiger partial charge in [-0.05, 0) is 80.9 Å². The lowest BCUT2D eigenvalue weighted by molar-refractivity contribution is -0.140. The van der Waals surface area contributed by atoms with Crippen molar-refractivity contribution in [3.63, 3.8) is 0 Å². The van der Waals surface area contributed by atoms with Gasteiger partial charge in [0, 0.05) is 22.2 Å². The molecule has 0 bridgehead atoms. The molecule has 0 radical (unpaired) electrons. The van der Waals surface area contributed by atoms with Gasteiger partial charge < -0.3 is 14.9 Å². The molecule has 1 aliphatic rings. The lowest BCUT2D eigenvalue weighted by Crippen LogP contribution is -2.34. The van der Waals surface area contributed by atoms with Crippen LogP contribution in [0.5, 0.6) is 0 Å². The van der Waals surface area contributed by atoms with E-state index < -0.39 is 17.7 Å². The van der Waals surface area contributed by atoms with Gasteiger partial charge in [0.2, 0.25) is 0 Å². The van der Waals surface area contributed by atoms with E-state index in [4.69, 9.17) is 23.2 Å². The van der Waals surface area contributed by atoms with Crippen LogP contribution in [0, 0.1) is 0 Å². The molecule has 7 heteroatoms. The van der Waals surface area contributed by atoms with Crippen LogP contribution >= 0.6 is 23.2 Å². The molecular weight excluding hydrogens is 483 g/mol. The van der Waals surface area contributed by atoms with Gasteiger partial charge in [0.15, 0.2) is 0 Å². The summed E-state index contributed by atoms with van der Waals surface area (Å²) in [7, 11) is 0. The molecule has 1 atom stereocenters. The topological polar surface area (TPSA) is 60.9 Å². The van der Waals surface area contributed by atoms with Crippen LogP contribution < -0.4 is 0 Å². The van der Waals surface area contributed by atoms with Crippen LogP contribution in [0.2, 0.25) is 10.0 Å². The Labute approximate surface area is 218 Å². The van der Waals surface area contributed by atoms with E-state index in [-0.39, 0.29) is 11.3 Å². The van der Waals surface area contributed by atoms with Crippen molar-refractivity contribution in [3.05, 3.63) is 75.3 Å². The Morgan fingerprint density at radius 2 is 1.37 bits per heavy atom. The highest BCUT2D eigenvalue weighted by atomic mass is 35.5. The van der Waals surface area contributed by atoms with Gasteiger partial charge in [0.1, 0.15) is 5.76 Å². The summed E-state index contributed by atoms with van der Waals surface area (Å²) < 4.78 is 0. The van der Waals surface area contributed by atoms with Crippen molar-refractivity contribution < 1.29 is 14.7 Å². The molecule has 1 heterocycles. The molecule has 0 aliphatic carbocycles. The Hall–Kier alpha value is -2.34. The highest BCUT2D eigenvalue weighted by Crippen LogP contribution is 2.39. The summed E-state index contributed by atoms with van der Waals surface area (Å²) in [6, 6.07) is 13.0. The molecule has 1 amide bonds. The van der Waals surface area contributed by atoms with Gasteiger partial charge in [0.05, 0.1) is 11.6 Å². The number of nitrogens with zero attached hydrogens (tertiary/aromatic N) is 2. The second-order valence-electron chi connectivity index (χ2n) is 8.95. The van der Waals surface area contributed by atoms with Crippen LogP contribution in [0.1, 0.15) is 63.1 Å². The van der Waals surface area contributed by atoms with Gasteiger partial charge in [-0.25, -0.2) is 0 Å². The number of halogens is 2. The fourth-order valence-corrected chi connectivity index (χ4v) is 4.68. The number of aliphatic hydroxyl groups is 1. The number of unbranched alkanes of at least 4 members (excludes halogenated alkanes) is 2. The summed E-state index contributed by atoms with van der Waals surface area (Å²) in [5.41, 5.74) is 1.27. The lowest BCUT2D eigenvalue weighted by Gasteiger charge is -2.27. The summed E-state index contributed by atoms with van der Waals surface area (Å²) in [5, 5.41) is 12.2. The Kier molecular flexibility index (Phi) is 10.2. The van der Waals surface area contributed by atoms with Crippen LogP contribution in [0.15, 0.2) is 54.1 Å². The average molecular weight is 517 g/mol. The minimum absolute atomic E-state index is 0.0912. The Morgan fingerprint density at radius 3 is 1.91 bits per heavy atom.